The van der Waals surface area contributed by atoms with E-state index in [-0.39, 0.29) is 17.7 Å². The van der Waals surface area contributed by atoms with Crippen LogP contribution in [0.25, 0.3) is 0 Å². The van der Waals surface area contributed by atoms with Crippen LogP contribution in [0.2, 0.25) is 0 Å². The fraction of sp³-hybridized carbons (Fsp3) is 0.400. The Bertz CT molecular complexity index is 304. The monoisotopic (exact) mass is 176 g/mol. The molecule has 2 rings (SSSR count). The Labute approximate surface area is 77.0 Å². The minimum Gasteiger partial charge on any atom is -0.328 e. The van der Waals surface area contributed by atoms with Gasteiger partial charge in [0.15, 0.2) is 5.78 Å². The highest BCUT2D eigenvalue weighted by Gasteiger charge is 2.32. The van der Waals surface area contributed by atoms with Gasteiger partial charge in [0.1, 0.15) is 0 Å². The van der Waals surface area contributed by atoms with E-state index in [1.807, 2.05) is 0 Å². The molecule has 2 N–H and O–H groups in total. The van der Waals surface area contributed by atoms with Gasteiger partial charge < -0.3 is 5.73 Å². The van der Waals surface area contributed by atoms with Crippen molar-refractivity contribution < 1.29 is 4.79 Å². The number of Topliss-reactive ketones (excluding diaryl/α,β-unsaturated/α-hetero) is 1. The number of pyridine rings is 1. The standard InChI is InChI=1S/C10H12N2O/c11-9-5-8(6-9)10(13)7-1-3-12-4-2-7/h1-4,8-9H,5-6,11H2. The third-order valence-electron chi connectivity index (χ3n) is 2.51. The van der Waals surface area contributed by atoms with Crippen molar-refractivity contribution in [1.29, 1.82) is 0 Å². The van der Waals surface area contributed by atoms with Crippen LogP contribution in [0.4, 0.5) is 0 Å². The van der Waals surface area contributed by atoms with Crippen LogP contribution in [0.1, 0.15) is 23.2 Å². The molecule has 0 aromatic carbocycles. The molecule has 0 aliphatic heterocycles. The van der Waals surface area contributed by atoms with Gasteiger partial charge in [0.25, 0.3) is 0 Å². The molecule has 68 valence electrons. The molecule has 0 unspecified atom stereocenters. The lowest BCUT2D eigenvalue weighted by Crippen LogP contribution is -2.40. The second kappa shape index (κ2) is 3.26. The van der Waals surface area contributed by atoms with Crippen molar-refractivity contribution in [3.63, 3.8) is 0 Å². The molecule has 1 aliphatic rings. The van der Waals surface area contributed by atoms with E-state index in [9.17, 15) is 4.79 Å². The summed E-state index contributed by atoms with van der Waals surface area (Å²) in [6.45, 7) is 0. The number of carbonyl (C=O) groups is 1. The molecule has 0 amide bonds. The van der Waals surface area contributed by atoms with Gasteiger partial charge >= 0.3 is 0 Å². The molecule has 0 saturated heterocycles. The van der Waals surface area contributed by atoms with Gasteiger partial charge in [-0.3, -0.25) is 9.78 Å². The van der Waals surface area contributed by atoms with Crippen LogP contribution in [-0.4, -0.2) is 16.8 Å². The summed E-state index contributed by atoms with van der Waals surface area (Å²) < 4.78 is 0. The van der Waals surface area contributed by atoms with E-state index in [0.717, 1.165) is 18.4 Å². The number of aromatic nitrogens is 1. The average Bonchev–Trinajstić information content (AvgIpc) is 2.13. The highest BCUT2D eigenvalue weighted by atomic mass is 16.1. The van der Waals surface area contributed by atoms with Crippen LogP contribution in [0.15, 0.2) is 24.5 Å². The first-order chi connectivity index (χ1) is 6.27. The molecule has 1 aromatic rings. The van der Waals surface area contributed by atoms with E-state index in [0.29, 0.717) is 0 Å². The highest BCUT2D eigenvalue weighted by molar-refractivity contribution is 5.98. The zero-order valence-electron chi connectivity index (χ0n) is 7.31. The van der Waals surface area contributed by atoms with E-state index in [4.69, 9.17) is 5.73 Å². The SMILES string of the molecule is NC1CC(C(=O)c2ccncc2)C1. The predicted molar refractivity (Wildman–Crippen MR) is 49.3 cm³/mol. The second-order valence-electron chi connectivity index (χ2n) is 3.53. The van der Waals surface area contributed by atoms with Gasteiger partial charge in [-0.15, -0.1) is 0 Å². The Kier molecular flexibility index (Phi) is 2.10. The molecule has 1 heterocycles. The molecular formula is C10H12N2O. The lowest BCUT2D eigenvalue weighted by atomic mass is 9.76. The Morgan fingerprint density at radius 2 is 2.00 bits per heavy atom. The zero-order chi connectivity index (χ0) is 9.26. The summed E-state index contributed by atoms with van der Waals surface area (Å²) >= 11 is 0. The van der Waals surface area contributed by atoms with Gasteiger partial charge in [-0.1, -0.05) is 0 Å². The molecule has 3 nitrogen and oxygen atoms in total. The zero-order valence-corrected chi connectivity index (χ0v) is 7.31. The molecular weight excluding hydrogens is 164 g/mol. The molecule has 0 spiro atoms. The van der Waals surface area contributed by atoms with Crippen LogP contribution in [-0.2, 0) is 0 Å². The molecule has 1 fully saturated rings. The van der Waals surface area contributed by atoms with Crippen molar-refractivity contribution in [2.24, 2.45) is 11.7 Å². The first-order valence-electron chi connectivity index (χ1n) is 4.47. The molecule has 0 atom stereocenters. The lowest BCUT2D eigenvalue weighted by molar-refractivity contribution is 0.0832. The largest absolute Gasteiger partial charge is 0.328 e. The smallest absolute Gasteiger partial charge is 0.166 e. The molecule has 1 aromatic heterocycles. The van der Waals surface area contributed by atoms with E-state index >= 15 is 0 Å². The van der Waals surface area contributed by atoms with Crippen LogP contribution < -0.4 is 5.73 Å². The minimum absolute atomic E-state index is 0.150. The quantitative estimate of drug-likeness (QED) is 0.684. The molecule has 1 aliphatic carbocycles. The van der Waals surface area contributed by atoms with Crippen LogP contribution in [0, 0.1) is 5.92 Å². The Hall–Kier alpha value is -1.22. The summed E-state index contributed by atoms with van der Waals surface area (Å²) in [6.07, 6.45) is 4.96. The Morgan fingerprint density at radius 3 is 2.54 bits per heavy atom. The first kappa shape index (κ1) is 8.38. The second-order valence-corrected chi connectivity index (χ2v) is 3.53. The highest BCUT2D eigenvalue weighted by Crippen LogP contribution is 2.28. The summed E-state index contributed by atoms with van der Waals surface area (Å²) in [4.78, 5) is 15.6. The van der Waals surface area contributed by atoms with Crippen LogP contribution >= 0.6 is 0 Å². The van der Waals surface area contributed by atoms with Gasteiger partial charge in [-0.25, -0.2) is 0 Å². The lowest BCUT2D eigenvalue weighted by Gasteiger charge is -2.30. The summed E-state index contributed by atoms with van der Waals surface area (Å²) in [5.41, 5.74) is 6.38. The topological polar surface area (TPSA) is 56.0 Å². The van der Waals surface area contributed by atoms with Crippen molar-refractivity contribution in [1.82, 2.24) is 4.98 Å². The predicted octanol–water partition coefficient (Wildman–Crippen LogP) is 1.00. The van der Waals surface area contributed by atoms with Gasteiger partial charge in [0, 0.05) is 29.9 Å². The number of rotatable bonds is 2. The maximum absolute atomic E-state index is 11.7. The Morgan fingerprint density at radius 1 is 1.38 bits per heavy atom. The third kappa shape index (κ3) is 1.60. The number of carbonyl (C=O) groups excluding carboxylic acids is 1. The molecule has 0 radical (unpaired) electrons. The van der Waals surface area contributed by atoms with E-state index in [1.54, 1.807) is 24.5 Å². The van der Waals surface area contributed by atoms with Gasteiger partial charge in [-0.05, 0) is 25.0 Å². The van der Waals surface area contributed by atoms with Gasteiger partial charge in [0.05, 0.1) is 0 Å². The van der Waals surface area contributed by atoms with E-state index in [1.165, 1.54) is 0 Å². The minimum atomic E-state index is 0.150. The van der Waals surface area contributed by atoms with Crippen molar-refractivity contribution in [2.45, 2.75) is 18.9 Å². The van der Waals surface area contributed by atoms with Gasteiger partial charge in [0.2, 0.25) is 0 Å². The molecule has 3 heteroatoms. The number of ketones is 1. The molecule has 0 bridgehead atoms. The molecule has 1 saturated carbocycles. The van der Waals surface area contributed by atoms with Crippen molar-refractivity contribution in [3.05, 3.63) is 30.1 Å². The molecule has 13 heavy (non-hydrogen) atoms. The fourth-order valence-electron chi connectivity index (χ4n) is 1.63. The number of nitrogens with two attached hydrogens (primary N) is 1. The maximum atomic E-state index is 11.7. The first-order valence-corrected chi connectivity index (χ1v) is 4.47. The van der Waals surface area contributed by atoms with E-state index < -0.39 is 0 Å². The summed E-state index contributed by atoms with van der Waals surface area (Å²) in [6, 6.07) is 3.74. The van der Waals surface area contributed by atoms with Crippen LogP contribution in [0.3, 0.4) is 0 Å². The normalized spacial score (nSPS) is 26.5. The summed E-state index contributed by atoms with van der Waals surface area (Å²) in [5, 5.41) is 0. The van der Waals surface area contributed by atoms with Gasteiger partial charge in [-0.2, -0.15) is 0 Å². The summed E-state index contributed by atoms with van der Waals surface area (Å²) in [5.74, 6) is 0.363. The summed E-state index contributed by atoms with van der Waals surface area (Å²) in [7, 11) is 0. The number of hydrogen-bond donors (Lipinski definition) is 1. The fourth-order valence-corrected chi connectivity index (χ4v) is 1.63. The van der Waals surface area contributed by atoms with Crippen molar-refractivity contribution in [2.75, 3.05) is 0 Å². The number of nitrogens with zero attached hydrogens (tertiary/aromatic N) is 1. The third-order valence-corrected chi connectivity index (χ3v) is 2.51. The van der Waals surface area contributed by atoms with E-state index in [2.05, 4.69) is 4.98 Å². The Balaban J connectivity index is 2.06. The van der Waals surface area contributed by atoms with Crippen molar-refractivity contribution >= 4 is 5.78 Å². The number of hydrogen-bond acceptors (Lipinski definition) is 3. The van der Waals surface area contributed by atoms with Crippen LogP contribution in [0.5, 0.6) is 0 Å². The van der Waals surface area contributed by atoms with Crippen molar-refractivity contribution in [3.8, 4) is 0 Å². The average molecular weight is 176 g/mol. The maximum Gasteiger partial charge on any atom is 0.166 e.